The summed E-state index contributed by atoms with van der Waals surface area (Å²) in [4.78, 5) is 11.8. The Bertz CT molecular complexity index is 573. The molecule has 1 aromatic carbocycles. The zero-order valence-electron chi connectivity index (χ0n) is 8.64. The number of rotatable bonds is 1. The SMILES string of the molecule is Cc1ccc(O)c(=O)n1-c1ccc(Cl)cc1. The summed E-state index contributed by atoms with van der Waals surface area (Å²) in [5.41, 5.74) is 1.01. The lowest BCUT2D eigenvalue weighted by atomic mass is 10.2. The molecule has 0 unspecified atom stereocenters. The molecular weight excluding hydrogens is 226 g/mol. The Kier molecular flexibility index (Phi) is 2.71. The van der Waals surface area contributed by atoms with Crippen LogP contribution < -0.4 is 5.56 Å². The van der Waals surface area contributed by atoms with E-state index in [-0.39, 0.29) is 5.75 Å². The number of halogens is 1. The number of aromatic hydroxyl groups is 1. The molecule has 3 nitrogen and oxygen atoms in total. The molecule has 0 aliphatic heterocycles. The largest absolute Gasteiger partial charge is 0.503 e. The molecule has 0 aliphatic rings. The average molecular weight is 236 g/mol. The van der Waals surface area contributed by atoms with Crippen molar-refractivity contribution in [1.29, 1.82) is 0 Å². The lowest BCUT2D eigenvalue weighted by Gasteiger charge is -2.09. The summed E-state index contributed by atoms with van der Waals surface area (Å²) in [6.45, 7) is 1.80. The van der Waals surface area contributed by atoms with Crippen molar-refractivity contribution in [3.05, 3.63) is 57.5 Å². The van der Waals surface area contributed by atoms with E-state index in [9.17, 15) is 9.90 Å². The highest BCUT2D eigenvalue weighted by Gasteiger charge is 2.06. The second-order valence-corrected chi connectivity index (χ2v) is 3.91. The van der Waals surface area contributed by atoms with Crippen LogP contribution >= 0.6 is 11.6 Å². The molecule has 0 radical (unpaired) electrons. The number of pyridine rings is 1. The molecule has 0 aliphatic carbocycles. The molecule has 2 rings (SSSR count). The van der Waals surface area contributed by atoms with Crippen LogP contribution in [0.4, 0.5) is 0 Å². The molecule has 0 saturated heterocycles. The molecule has 0 spiro atoms. The molecule has 1 aromatic heterocycles. The van der Waals surface area contributed by atoms with Crippen molar-refractivity contribution in [2.45, 2.75) is 6.92 Å². The van der Waals surface area contributed by atoms with Crippen LogP contribution in [0, 0.1) is 6.92 Å². The van der Waals surface area contributed by atoms with Gasteiger partial charge in [0.15, 0.2) is 5.75 Å². The van der Waals surface area contributed by atoms with Gasteiger partial charge < -0.3 is 5.11 Å². The maximum absolute atomic E-state index is 11.8. The number of aromatic nitrogens is 1. The fourth-order valence-electron chi connectivity index (χ4n) is 1.53. The number of benzene rings is 1. The Hall–Kier alpha value is -1.74. The molecule has 1 N–H and O–H groups in total. The standard InChI is InChI=1S/C12H10ClNO2/c1-8-2-7-11(15)12(16)14(8)10-5-3-9(13)4-6-10/h2-7,15H,1H3. The first-order valence-corrected chi connectivity index (χ1v) is 5.15. The van der Waals surface area contributed by atoms with E-state index in [0.717, 1.165) is 5.69 Å². The van der Waals surface area contributed by atoms with E-state index in [2.05, 4.69) is 0 Å². The monoisotopic (exact) mass is 235 g/mol. The summed E-state index contributed by atoms with van der Waals surface area (Å²) in [5.74, 6) is -0.263. The molecule has 0 amide bonds. The molecule has 0 bridgehead atoms. The van der Waals surface area contributed by atoms with Gasteiger partial charge in [0.25, 0.3) is 5.56 Å². The molecule has 1 heterocycles. The van der Waals surface area contributed by atoms with E-state index in [1.165, 1.54) is 10.6 Å². The van der Waals surface area contributed by atoms with Gasteiger partial charge in [-0.25, -0.2) is 0 Å². The summed E-state index contributed by atoms with van der Waals surface area (Å²) in [6.07, 6.45) is 0. The van der Waals surface area contributed by atoms with Gasteiger partial charge in [-0.3, -0.25) is 9.36 Å². The van der Waals surface area contributed by atoms with Crippen molar-refractivity contribution in [2.75, 3.05) is 0 Å². The van der Waals surface area contributed by atoms with Crippen molar-refractivity contribution in [3.63, 3.8) is 0 Å². The molecular formula is C12H10ClNO2. The third kappa shape index (κ3) is 1.82. The van der Waals surface area contributed by atoms with Crippen LogP contribution in [0.25, 0.3) is 5.69 Å². The van der Waals surface area contributed by atoms with E-state index >= 15 is 0 Å². The molecule has 16 heavy (non-hydrogen) atoms. The van der Waals surface area contributed by atoms with Gasteiger partial charge in [-0.2, -0.15) is 0 Å². The number of nitrogens with zero attached hydrogens (tertiary/aromatic N) is 1. The minimum absolute atomic E-state index is 0.263. The first-order valence-electron chi connectivity index (χ1n) is 4.77. The third-order valence-electron chi connectivity index (χ3n) is 2.34. The van der Waals surface area contributed by atoms with Gasteiger partial charge in [0, 0.05) is 16.4 Å². The maximum Gasteiger partial charge on any atom is 0.297 e. The van der Waals surface area contributed by atoms with E-state index in [1.54, 1.807) is 37.3 Å². The normalized spacial score (nSPS) is 10.4. The summed E-state index contributed by atoms with van der Waals surface area (Å²) in [6, 6.07) is 9.95. The van der Waals surface area contributed by atoms with E-state index in [0.29, 0.717) is 10.7 Å². The van der Waals surface area contributed by atoms with Gasteiger partial charge in [0.05, 0.1) is 0 Å². The highest BCUT2D eigenvalue weighted by molar-refractivity contribution is 6.30. The Labute approximate surface area is 97.5 Å². The number of aryl methyl sites for hydroxylation is 1. The highest BCUT2D eigenvalue weighted by atomic mass is 35.5. The van der Waals surface area contributed by atoms with Gasteiger partial charge in [0.2, 0.25) is 0 Å². The van der Waals surface area contributed by atoms with Crippen LogP contribution in [-0.4, -0.2) is 9.67 Å². The molecule has 0 saturated carbocycles. The van der Waals surface area contributed by atoms with Crippen molar-refractivity contribution >= 4 is 11.6 Å². The molecule has 4 heteroatoms. The second-order valence-electron chi connectivity index (χ2n) is 3.48. The first-order chi connectivity index (χ1) is 7.59. The van der Waals surface area contributed by atoms with Crippen LogP contribution in [0.3, 0.4) is 0 Å². The van der Waals surface area contributed by atoms with Crippen LogP contribution in [0.1, 0.15) is 5.69 Å². The van der Waals surface area contributed by atoms with E-state index in [1.807, 2.05) is 0 Å². The number of hydrogen-bond donors (Lipinski definition) is 1. The predicted octanol–water partition coefficient (Wildman–Crippen LogP) is 2.50. The lowest BCUT2D eigenvalue weighted by molar-refractivity contribution is 0.463. The van der Waals surface area contributed by atoms with Crippen LogP contribution in [0.15, 0.2) is 41.2 Å². The zero-order valence-corrected chi connectivity index (χ0v) is 9.40. The second kappa shape index (κ2) is 4.02. The van der Waals surface area contributed by atoms with Gasteiger partial charge in [-0.15, -0.1) is 0 Å². The Balaban J connectivity index is 2.69. The maximum atomic E-state index is 11.8. The first kappa shape index (κ1) is 10.8. The van der Waals surface area contributed by atoms with E-state index < -0.39 is 5.56 Å². The highest BCUT2D eigenvalue weighted by Crippen LogP contribution is 2.14. The summed E-state index contributed by atoms with van der Waals surface area (Å²) >= 11 is 5.77. The summed E-state index contributed by atoms with van der Waals surface area (Å²) in [7, 11) is 0. The van der Waals surface area contributed by atoms with Gasteiger partial charge >= 0.3 is 0 Å². The predicted molar refractivity (Wildman–Crippen MR) is 63.5 cm³/mol. The summed E-state index contributed by atoms with van der Waals surface area (Å²) in [5, 5.41) is 9.99. The van der Waals surface area contributed by atoms with Crippen LogP contribution in [0.5, 0.6) is 5.75 Å². The van der Waals surface area contributed by atoms with Gasteiger partial charge in [-0.05, 0) is 43.3 Å². The average Bonchev–Trinajstić information content (AvgIpc) is 2.27. The molecule has 0 atom stereocenters. The fourth-order valence-corrected chi connectivity index (χ4v) is 1.66. The summed E-state index contributed by atoms with van der Waals surface area (Å²) < 4.78 is 1.44. The molecule has 82 valence electrons. The van der Waals surface area contributed by atoms with Crippen molar-refractivity contribution in [3.8, 4) is 11.4 Å². The Morgan fingerprint density at radius 1 is 1.12 bits per heavy atom. The Morgan fingerprint density at radius 3 is 2.38 bits per heavy atom. The van der Waals surface area contributed by atoms with E-state index in [4.69, 9.17) is 11.6 Å². The minimum Gasteiger partial charge on any atom is -0.503 e. The fraction of sp³-hybridized carbons (Fsp3) is 0.0833. The smallest absolute Gasteiger partial charge is 0.297 e. The number of hydrogen-bond acceptors (Lipinski definition) is 2. The molecule has 0 fully saturated rings. The van der Waals surface area contributed by atoms with Crippen molar-refractivity contribution in [2.24, 2.45) is 0 Å². The Morgan fingerprint density at radius 2 is 1.75 bits per heavy atom. The van der Waals surface area contributed by atoms with Crippen molar-refractivity contribution in [1.82, 2.24) is 4.57 Å². The quantitative estimate of drug-likeness (QED) is 0.825. The third-order valence-corrected chi connectivity index (χ3v) is 2.59. The lowest BCUT2D eigenvalue weighted by Crippen LogP contribution is -2.19. The van der Waals surface area contributed by atoms with Crippen LogP contribution in [0.2, 0.25) is 5.02 Å². The zero-order chi connectivity index (χ0) is 11.7. The van der Waals surface area contributed by atoms with Crippen molar-refractivity contribution < 1.29 is 5.11 Å². The van der Waals surface area contributed by atoms with Gasteiger partial charge in [0.1, 0.15) is 0 Å². The van der Waals surface area contributed by atoms with Crippen LogP contribution in [-0.2, 0) is 0 Å². The topological polar surface area (TPSA) is 42.2 Å². The van der Waals surface area contributed by atoms with Gasteiger partial charge in [-0.1, -0.05) is 11.6 Å². The minimum atomic E-state index is -0.428. The molecule has 2 aromatic rings.